The summed E-state index contributed by atoms with van der Waals surface area (Å²) < 4.78 is 18.4. The summed E-state index contributed by atoms with van der Waals surface area (Å²) in [6, 6.07) is 10.5. The molecule has 0 heterocycles. The molecule has 0 aliphatic heterocycles. The van der Waals surface area contributed by atoms with E-state index in [4.69, 9.17) is 10.00 Å². The van der Waals surface area contributed by atoms with Crippen molar-refractivity contribution in [1.82, 2.24) is 0 Å². The first kappa shape index (κ1) is 15.3. The number of nitro groups is 1. The van der Waals surface area contributed by atoms with E-state index in [1.807, 2.05) is 0 Å². The maximum absolute atomic E-state index is 13.6. The van der Waals surface area contributed by atoms with E-state index in [-0.39, 0.29) is 17.0 Å². The van der Waals surface area contributed by atoms with Gasteiger partial charge in [0.05, 0.1) is 12.0 Å². The molecule has 0 fully saturated rings. The maximum atomic E-state index is 13.6. The minimum absolute atomic E-state index is 0.0316. The Morgan fingerprint density at radius 3 is 2.73 bits per heavy atom. The molecule has 0 aromatic heterocycles. The molecule has 0 spiro atoms. The molecule has 22 heavy (non-hydrogen) atoms. The highest BCUT2D eigenvalue weighted by Gasteiger charge is 2.13. The van der Waals surface area contributed by atoms with Gasteiger partial charge in [0.1, 0.15) is 11.6 Å². The van der Waals surface area contributed by atoms with Gasteiger partial charge in [0.15, 0.2) is 11.6 Å². The zero-order valence-corrected chi connectivity index (χ0v) is 11.7. The molecule has 0 saturated heterocycles. The zero-order valence-electron chi connectivity index (χ0n) is 11.7. The molecule has 2 rings (SSSR count). The molecule has 0 bridgehead atoms. The summed E-state index contributed by atoms with van der Waals surface area (Å²) in [4.78, 5) is 10.1. The lowest BCUT2D eigenvalue weighted by Crippen LogP contribution is -2.01. The van der Waals surface area contributed by atoms with E-state index in [9.17, 15) is 14.5 Å². The Morgan fingerprint density at radius 2 is 2.14 bits per heavy atom. The summed E-state index contributed by atoms with van der Waals surface area (Å²) in [6.07, 6.45) is 0. The first-order chi connectivity index (χ1) is 10.5. The molecule has 2 aromatic rings. The number of hydrogen-bond acceptors (Lipinski definition) is 5. The zero-order chi connectivity index (χ0) is 16.1. The average molecular weight is 301 g/mol. The number of hydrogen-bond donors (Lipinski definition) is 1. The number of methoxy groups -OCH3 is 1. The van der Waals surface area contributed by atoms with Gasteiger partial charge in [-0.3, -0.25) is 10.1 Å². The SMILES string of the molecule is COc1ccc(CNc2ccc([N+](=O)[O-])c(C#N)c2)cc1F. The third-order valence-electron chi connectivity index (χ3n) is 3.03. The number of nitrogens with one attached hydrogen (secondary N) is 1. The van der Waals surface area contributed by atoms with E-state index < -0.39 is 10.7 Å². The fourth-order valence-corrected chi connectivity index (χ4v) is 1.92. The lowest BCUT2D eigenvalue weighted by Gasteiger charge is -2.08. The topological polar surface area (TPSA) is 88.2 Å². The van der Waals surface area contributed by atoms with Crippen molar-refractivity contribution in [2.45, 2.75) is 6.54 Å². The van der Waals surface area contributed by atoms with Crippen LogP contribution in [-0.2, 0) is 6.54 Å². The van der Waals surface area contributed by atoms with Gasteiger partial charge in [0, 0.05) is 18.3 Å². The van der Waals surface area contributed by atoms with Crippen molar-refractivity contribution in [2.75, 3.05) is 12.4 Å². The van der Waals surface area contributed by atoms with Crippen molar-refractivity contribution in [3.05, 3.63) is 63.5 Å². The van der Waals surface area contributed by atoms with Gasteiger partial charge in [-0.05, 0) is 29.8 Å². The van der Waals surface area contributed by atoms with E-state index >= 15 is 0 Å². The normalized spacial score (nSPS) is 9.86. The van der Waals surface area contributed by atoms with E-state index in [1.165, 1.54) is 37.4 Å². The van der Waals surface area contributed by atoms with Crippen LogP contribution in [0.15, 0.2) is 36.4 Å². The molecule has 2 aromatic carbocycles. The average Bonchev–Trinajstić information content (AvgIpc) is 2.52. The number of halogens is 1. The van der Waals surface area contributed by atoms with Gasteiger partial charge in [-0.25, -0.2) is 4.39 Å². The number of anilines is 1. The molecule has 6 nitrogen and oxygen atoms in total. The fraction of sp³-hybridized carbons (Fsp3) is 0.133. The summed E-state index contributed by atoms with van der Waals surface area (Å²) in [5, 5.41) is 22.7. The largest absolute Gasteiger partial charge is 0.494 e. The van der Waals surface area contributed by atoms with Gasteiger partial charge >= 0.3 is 0 Å². The Hall–Kier alpha value is -3.14. The second-order valence-electron chi connectivity index (χ2n) is 4.42. The summed E-state index contributed by atoms with van der Waals surface area (Å²) in [7, 11) is 1.39. The van der Waals surface area contributed by atoms with Crippen LogP contribution in [0.4, 0.5) is 15.8 Å². The van der Waals surface area contributed by atoms with Crippen molar-refractivity contribution < 1.29 is 14.1 Å². The van der Waals surface area contributed by atoms with Crippen molar-refractivity contribution in [3.63, 3.8) is 0 Å². The van der Waals surface area contributed by atoms with Gasteiger partial charge < -0.3 is 10.1 Å². The maximum Gasteiger partial charge on any atom is 0.287 e. The van der Waals surface area contributed by atoms with Gasteiger partial charge in [0.2, 0.25) is 0 Å². The van der Waals surface area contributed by atoms with Crippen molar-refractivity contribution in [3.8, 4) is 11.8 Å². The van der Waals surface area contributed by atoms with Crippen LogP contribution >= 0.6 is 0 Å². The molecule has 1 N–H and O–H groups in total. The third-order valence-corrected chi connectivity index (χ3v) is 3.03. The van der Waals surface area contributed by atoms with E-state index in [2.05, 4.69) is 5.32 Å². The second kappa shape index (κ2) is 6.54. The van der Waals surface area contributed by atoms with E-state index in [0.29, 0.717) is 17.8 Å². The van der Waals surface area contributed by atoms with Crippen LogP contribution in [0.1, 0.15) is 11.1 Å². The summed E-state index contributed by atoms with van der Waals surface area (Å²) >= 11 is 0. The highest BCUT2D eigenvalue weighted by atomic mass is 19.1. The van der Waals surface area contributed by atoms with E-state index in [0.717, 1.165) is 0 Å². The van der Waals surface area contributed by atoms with Crippen LogP contribution in [0.2, 0.25) is 0 Å². The molecule has 0 amide bonds. The summed E-state index contributed by atoms with van der Waals surface area (Å²) in [6.45, 7) is 0.309. The van der Waals surface area contributed by atoms with Gasteiger partial charge in [0.25, 0.3) is 5.69 Å². The number of ether oxygens (including phenoxy) is 1. The fourth-order valence-electron chi connectivity index (χ4n) is 1.92. The van der Waals surface area contributed by atoms with Crippen molar-refractivity contribution >= 4 is 11.4 Å². The molecule has 0 atom stereocenters. The lowest BCUT2D eigenvalue weighted by atomic mass is 10.1. The van der Waals surface area contributed by atoms with Crippen LogP contribution in [0.3, 0.4) is 0 Å². The quantitative estimate of drug-likeness (QED) is 0.676. The molecule has 0 saturated carbocycles. The Balaban J connectivity index is 2.13. The number of nitrogens with zero attached hydrogens (tertiary/aromatic N) is 2. The highest BCUT2D eigenvalue weighted by Crippen LogP contribution is 2.23. The standard InChI is InChI=1S/C15H12FN3O3/c1-22-15-5-2-10(6-13(15)16)9-18-12-3-4-14(19(20)21)11(7-12)8-17/h2-7,18H,9H2,1H3. The predicted octanol–water partition coefficient (Wildman–Crippen LogP) is 3.23. The van der Waals surface area contributed by atoms with Crippen LogP contribution in [0.5, 0.6) is 5.75 Å². The lowest BCUT2D eigenvalue weighted by molar-refractivity contribution is -0.385. The minimum atomic E-state index is -0.610. The molecule has 0 radical (unpaired) electrons. The number of rotatable bonds is 5. The number of benzene rings is 2. The van der Waals surface area contributed by atoms with Gasteiger partial charge in [-0.1, -0.05) is 6.07 Å². The third kappa shape index (κ3) is 3.30. The molecule has 0 unspecified atom stereocenters. The van der Waals surface area contributed by atoms with Crippen LogP contribution in [0, 0.1) is 27.3 Å². The molecular weight excluding hydrogens is 289 g/mol. The Bertz CT molecular complexity index is 756. The summed E-state index contributed by atoms with van der Waals surface area (Å²) in [5.41, 5.74) is 0.938. The molecule has 0 aliphatic rings. The Kier molecular flexibility index (Phi) is 4.53. The molecule has 0 aliphatic carbocycles. The monoisotopic (exact) mass is 301 g/mol. The Morgan fingerprint density at radius 1 is 1.36 bits per heavy atom. The van der Waals surface area contributed by atoms with Crippen LogP contribution < -0.4 is 10.1 Å². The first-order valence-electron chi connectivity index (χ1n) is 6.30. The van der Waals surface area contributed by atoms with Crippen LogP contribution in [0.25, 0.3) is 0 Å². The predicted molar refractivity (Wildman–Crippen MR) is 78.1 cm³/mol. The molecule has 7 heteroatoms. The minimum Gasteiger partial charge on any atom is -0.494 e. The van der Waals surface area contributed by atoms with Gasteiger partial charge in [-0.2, -0.15) is 5.26 Å². The second-order valence-corrected chi connectivity index (χ2v) is 4.42. The number of nitro benzene ring substituents is 1. The van der Waals surface area contributed by atoms with Crippen molar-refractivity contribution in [1.29, 1.82) is 5.26 Å². The molecular formula is C15H12FN3O3. The van der Waals surface area contributed by atoms with Crippen LogP contribution in [-0.4, -0.2) is 12.0 Å². The summed E-state index contributed by atoms with van der Waals surface area (Å²) in [5.74, 6) is -0.311. The Labute approximate surface area is 125 Å². The van der Waals surface area contributed by atoms with Gasteiger partial charge in [-0.15, -0.1) is 0 Å². The highest BCUT2D eigenvalue weighted by molar-refractivity contribution is 5.58. The smallest absolute Gasteiger partial charge is 0.287 e. The molecule has 112 valence electrons. The van der Waals surface area contributed by atoms with E-state index in [1.54, 1.807) is 12.1 Å². The van der Waals surface area contributed by atoms with Crippen molar-refractivity contribution in [2.24, 2.45) is 0 Å². The first-order valence-corrected chi connectivity index (χ1v) is 6.30. The number of nitriles is 1.